The third-order valence-electron chi connectivity index (χ3n) is 3.28. The zero-order valence-electron chi connectivity index (χ0n) is 12.1. The van der Waals surface area contributed by atoms with Crippen molar-refractivity contribution in [2.45, 2.75) is 40.2 Å². The molecule has 0 N–H and O–H groups in total. The lowest BCUT2D eigenvalue weighted by Gasteiger charge is -2.05. The molecule has 0 spiro atoms. The summed E-state index contributed by atoms with van der Waals surface area (Å²) in [6, 6.07) is 6.39. The molecule has 3 nitrogen and oxygen atoms in total. The maximum absolute atomic E-state index is 13.4. The number of benzene rings is 1. The molecule has 2 aromatic rings. The van der Waals surface area contributed by atoms with Gasteiger partial charge in [0.05, 0.1) is 12.1 Å². The maximum Gasteiger partial charge on any atom is 0.168 e. The van der Waals surface area contributed by atoms with Crippen molar-refractivity contribution in [1.82, 2.24) is 9.78 Å². The Morgan fingerprint density at radius 2 is 2.00 bits per heavy atom. The topological polar surface area (TPSA) is 34.9 Å². The minimum Gasteiger partial charge on any atom is -0.294 e. The van der Waals surface area contributed by atoms with Crippen LogP contribution >= 0.6 is 0 Å². The summed E-state index contributed by atoms with van der Waals surface area (Å²) in [6.07, 6.45) is 1.09. The molecule has 4 heteroatoms. The van der Waals surface area contributed by atoms with Crippen LogP contribution in [0.1, 0.15) is 41.2 Å². The molecule has 0 fully saturated rings. The summed E-state index contributed by atoms with van der Waals surface area (Å²) in [7, 11) is 0. The monoisotopic (exact) mass is 274 g/mol. The average Bonchev–Trinajstić information content (AvgIpc) is 2.79. The van der Waals surface area contributed by atoms with Crippen LogP contribution in [0.4, 0.5) is 4.39 Å². The Morgan fingerprint density at radius 3 is 2.60 bits per heavy atom. The predicted octanol–water partition coefficient (Wildman–Crippen LogP) is 3.34. The largest absolute Gasteiger partial charge is 0.294 e. The number of hydrogen-bond donors (Lipinski definition) is 0. The molecule has 2 rings (SSSR count). The fourth-order valence-corrected chi connectivity index (χ4v) is 2.27. The third kappa shape index (κ3) is 3.13. The normalized spacial score (nSPS) is 10.8. The summed E-state index contributed by atoms with van der Waals surface area (Å²) in [5.41, 5.74) is 3.04. The first-order valence-corrected chi connectivity index (χ1v) is 6.89. The first-order chi connectivity index (χ1) is 9.53. The molecule has 0 bridgehead atoms. The molecule has 0 atom stereocenters. The van der Waals surface area contributed by atoms with Crippen LogP contribution in [0.25, 0.3) is 0 Å². The van der Waals surface area contributed by atoms with Gasteiger partial charge >= 0.3 is 0 Å². The first kappa shape index (κ1) is 14.4. The lowest BCUT2D eigenvalue weighted by atomic mass is 10.0. The van der Waals surface area contributed by atoms with E-state index in [4.69, 9.17) is 0 Å². The van der Waals surface area contributed by atoms with E-state index in [-0.39, 0.29) is 18.0 Å². The van der Waals surface area contributed by atoms with Crippen LogP contribution in [-0.2, 0) is 19.4 Å². The second-order valence-corrected chi connectivity index (χ2v) is 4.91. The summed E-state index contributed by atoms with van der Waals surface area (Å²) in [4.78, 5) is 12.3. The summed E-state index contributed by atoms with van der Waals surface area (Å²) in [5, 5.41) is 4.42. The molecule has 20 heavy (non-hydrogen) atoms. The number of aromatic nitrogens is 2. The van der Waals surface area contributed by atoms with Gasteiger partial charge in [0.15, 0.2) is 5.78 Å². The molecule has 0 saturated heterocycles. The second-order valence-electron chi connectivity index (χ2n) is 4.91. The van der Waals surface area contributed by atoms with E-state index < -0.39 is 0 Å². The van der Waals surface area contributed by atoms with Crippen molar-refractivity contribution in [3.63, 3.8) is 0 Å². The standard InChI is InChI=1S/C16H19FN2O/c1-4-14-9-15(19(5-2)18-14)10-16(20)12-6-11(3)7-13(17)8-12/h6-9H,4-5,10H2,1-3H3. The Hall–Kier alpha value is -1.97. The summed E-state index contributed by atoms with van der Waals surface area (Å²) in [6.45, 7) is 6.53. The molecule has 0 unspecified atom stereocenters. The smallest absolute Gasteiger partial charge is 0.168 e. The van der Waals surface area contributed by atoms with Gasteiger partial charge in [0.1, 0.15) is 5.82 Å². The number of carbonyl (C=O) groups is 1. The van der Waals surface area contributed by atoms with Crippen molar-refractivity contribution in [2.24, 2.45) is 0 Å². The average molecular weight is 274 g/mol. The number of Topliss-reactive ketones (excluding diaryl/α,β-unsaturated/α-hetero) is 1. The quantitative estimate of drug-likeness (QED) is 0.784. The molecule has 0 aliphatic heterocycles. The number of nitrogens with zero attached hydrogens (tertiary/aromatic N) is 2. The zero-order chi connectivity index (χ0) is 14.7. The second kappa shape index (κ2) is 5.99. The van der Waals surface area contributed by atoms with Gasteiger partial charge in [0.25, 0.3) is 0 Å². The Balaban J connectivity index is 2.25. The first-order valence-electron chi connectivity index (χ1n) is 6.89. The highest BCUT2D eigenvalue weighted by molar-refractivity contribution is 5.97. The van der Waals surface area contributed by atoms with Crippen LogP contribution in [-0.4, -0.2) is 15.6 Å². The van der Waals surface area contributed by atoms with E-state index in [9.17, 15) is 9.18 Å². The van der Waals surface area contributed by atoms with E-state index >= 15 is 0 Å². The van der Waals surface area contributed by atoms with Crippen LogP contribution in [0.15, 0.2) is 24.3 Å². The Kier molecular flexibility index (Phi) is 4.32. The van der Waals surface area contributed by atoms with E-state index in [1.54, 1.807) is 13.0 Å². The van der Waals surface area contributed by atoms with Crippen molar-refractivity contribution in [3.8, 4) is 0 Å². The molecule has 0 amide bonds. The van der Waals surface area contributed by atoms with Crippen LogP contribution in [0.3, 0.4) is 0 Å². The number of carbonyl (C=O) groups excluding carboxylic acids is 1. The summed E-state index contributed by atoms with van der Waals surface area (Å²) >= 11 is 0. The van der Waals surface area contributed by atoms with Gasteiger partial charge in [-0.3, -0.25) is 9.48 Å². The number of aryl methyl sites for hydroxylation is 3. The number of rotatable bonds is 5. The van der Waals surface area contributed by atoms with E-state index in [2.05, 4.69) is 5.10 Å². The zero-order valence-corrected chi connectivity index (χ0v) is 12.1. The molecule has 0 aliphatic carbocycles. The molecule has 1 aromatic carbocycles. The van der Waals surface area contributed by atoms with Gasteiger partial charge in [-0.1, -0.05) is 6.92 Å². The van der Waals surface area contributed by atoms with E-state index in [0.717, 1.165) is 29.9 Å². The van der Waals surface area contributed by atoms with Crippen molar-refractivity contribution in [3.05, 3.63) is 52.6 Å². The van der Waals surface area contributed by atoms with Crippen molar-refractivity contribution >= 4 is 5.78 Å². The summed E-state index contributed by atoms with van der Waals surface area (Å²) in [5.74, 6) is -0.448. The fourth-order valence-electron chi connectivity index (χ4n) is 2.27. The lowest BCUT2D eigenvalue weighted by Crippen LogP contribution is -2.10. The van der Waals surface area contributed by atoms with Gasteiger partial charge < -0.3 is 0 Å². The number of halogens is 1. The van der Waals surface area contributed by atoms with Crippen molar-refractivity contribution in [1.29, 1.82) is 0 Å². The lowest BCUT2D eigenvalue weighted by molar-refractivity contribution is 0.0990. The minimum atomic E-state index is -0.369. The number of hydrogen-bond acceptors (Lipinski definition) is 2. The molecule has 106 valence electrons. The number of ketones is 1. The van der Waals surface area contributed by atoms with Crippen LogP contribution in [0.2, 0.25) is 0 Å². The van der Waals surface area contributed by atoms with Gasteiger partial charge in [-0.25, -0.2) is 4.39 Å². The molecule has 1 heterocycles. The SMILES string of the molecule is CCc1cc(CC(=O)c2cc(C)cc(F)c2)n(CC)n1. The Labute approximate surface area is 118 Å². The van der Waals surface area contributed by atoms with Crippen LogP contribution in [0.5, 0.6) is 0 Å². The molecule has 1 aromatic heterocycles. The summed E-state index contributed by atoms with van der Waals surface area (Å²) < 4.78 is 15.2. The Bertz CT molecular complexity index is 611. The fraction of sp³-hybridized carbons (Fsp3) is 0.375. The highest BCUT2D eigenvalue weighted by Crippen LogP contribution is 2.13. The molecular weight excluding hydrogens is 255 g/mol. The van der Waals surface area contributed by atoms with E-state index in [1.807, 2.05) is 24.6 Å². The molecular formula is C16H19FN2O. The van der Waals surface area contributed by atoms with Crippen molar-refractivity contribution in [2.75, 3.05) is 0 Å². The Morgan fingerprint density at radius 1 is 1.25 bits per heavy atom. The van der Waals surface area contributed by atoms with E-state index in [1.165, 1.54) is 12.1 Å². The van der Waals surface area contributed by atoms with Gasteiger partial charge in [0.2, 0.25) is 0 Å². The van der Waals surface area contributed by atoms with Gasteiger partial charge in [-0.15, -0.1) is 0 Å². The predicted molar refractivity (Wildman–Crippen MR) is 76.5 cm³/mol. The highest BCUT2D eigenvalue weighted by atomic mass is 19.1. The van der Waals surface area contributed by atoms with Gasteiger partial charge in [0, 0.05) is 17.8 Å². The van der Waals surface area contributed by atoms with Gasteiger partial charge in [-0.05, 0) is 50.1 Å². The van der Waals surface area contributed by atoms with Crippen molar-refractivity contribution < 1.29 is 9.18 Å². The van der Waals surface area contributed by atoms with Gasteiger partial charge in [-0.2, -0.15) is 5.10 Å². The molecule has 0 radical (unpaired) electrons. The minimum absolute atomic E-state index is 0.0788. The molecule has 0 saturated carbocycles. The van der Waals surface area contributed by atoms with Crippen LogP contribution < -0.4 is 0 Å². The van der Waals surface area contributed by atoms with Crippen LogP contribution in [0, 0.1) is 12.7 Å². The maximum atomic E-state index is 13.4. The highest BCUT2D eigenvalue weighted by Gasteiger charge is 2.13. The van der Waals surface area contributed by atoms with E-state index in [0.29, 0.717) is 5.56 Å². The third-order valence-corrected chi connectivity index (χ3v) is 3.28. The molecule has 0 aliphatic rings.